The third kappa shape index (κ3) is 2.62. The third-order valence-electron chi connectivity index (χ3n) is 2.51. The second-order valence-electron chi connectivity index (χ2n) is 3.66. The summed E-state index contributed by atoms with van der Waals surface area (Å²) in [5.41, 5.74) is 2.21. The molecule has 0 unspecified atom stereocenters. The monoisotopic (exact) mass is 251 g/mol. The minimum atomic E-state index is 0.381. The second-order valence-corrected chi connectivity index (χ2v) is 4.05. The van der Waals surface area contributed by atoms with Gasteiger partial charge in [0.1, 0.15) is 0 Å². The van der Waals surface area contributed by atoms with Gasteiger partial charge in [-0.15, -0.1) is 10.2 Å². The van der Waals surface area contributed by atoms with Crippen LogP contribution in [0.1, 0.15) is 18.2 Å². The van der Waals surface area contributed by atoms with Crippen LogP contribution >= 0.6 is 11.6 Å². The summed E-state index contributed by atoms with van der Waals surface area (Å²) in [5, 5.41) is 15.8. The molecule has 0 aliphatic rings. The van der Waals surface area contributed by atoms with Crippen molar-refractivity contribution < 1.29 is 0 Å². The SMILES string of the molecule is CCNCc1cnn(-c2ccc(Cl)nn2)c1C. The highest BCUT2D eigenvalue weighted by Gasteiger charge is 2.08. The van der Waals surface area contributed by atoms with Crippen molar-refractivity contribution in [2.45, 2.75) is 20.4 Å². The summed E-state index contributed by atoms with van der Waals surface area (Å²) >= 11 is 5.70. The smallest absolute Gasteiger partial charge is 0.176 e. The molecule has 2 aromatic rings. The first-order valence-corrected chi connectivity index (χ1v) is 5.84. The Morgan fingerprint density at radius 1 is 1.35 bits per heavy atom. The van der Waals surface area contributed by atoms with E-state index in [-0.39, 0.29) is 0 Å². The first-order chi connectivity index (χ1) is 8.22. The van der Waals surface area contributed by atoms with Gasteiger partial charge in [0.2, 0.25) is 0 Å². The Morgan fingerprint density at radius 2 is 2.18 bits per heavy atom. The molecular formula is C11H14ClN5. The van der Waals surface area contributed by atoms with Crippen LogP contribution < -0.4 is 5.32 Å². The van der Waals surface area contributed by atoms with Crippen molar-refractivity contribution in [3.63, 3.8) is 0 Å². The molecule has 90 valence electrons. The molecule has 0 saturated heterocycles. The second kappa shape index (κ2) is 5.25. The lowest BCUT2D eigenvalue weighted by Crippen LogP contribution is -2.12. The average molecular weight is 252 g/mol. The number of nitrogens with one attached hydrogen (secondary N) is 1. The molecule has 0 saturated carbocycles. The summed E-state index contributed by atoms with van der Waals surface area (Å²) in [5.74, 6) is 0.676. The summed E-state index contributed by atoms with van der Waals surface area (Å²) in [7, 11) is 0. The van der Waals surface area contributed by atoms with Crippen LogP contribution in [0.4, 0.5) is 0 Å². The van der Waals surface area contributed by atoms with Gasteiger partial charge in [-0.3, -0.25) is 0 Å². The zero-order chi connectivity index (χ0) is 12.3. The van der Waals surface area contributed by atoms with Crippen LogP contribution in [0.2, 0.25) is 5.15 Å². The van der Waals surface area contributed by atoms with Gasteiger partial charge >= 0.3 is 0 Å². The lowest BCUT2D eigenvalue weighted by Gasteiger charge is -2.04. The van der Waals surface area contributed by atoms with E-state index in [2.05, 4.69) is 27.5 Å². The first kappa shape index (κ1) is 12.0. The van der Waals surface area contributed by atoms with Crippen LogP contribution in [0.15, 0.2) is 18.3 Å². The van der Waals surface area contributed by atoms with Gasteiger partial charge in [0, 0.05) is 17.8 Å². The summed E-state index contributed by atoms with van der Waals surface area (Å²) in [6, 6.07) is 3.50. The molecule has 2 rings (SSSR count). The molecule has 0 radical (unpaired) electrons. The Bertz CT molecular complexity index is 491. The number of hydrogen-bond acceptors (Lipinski definition) is 4. The average Bonchev–Trinajstić information content (AvgIpc) is 2.69. The molecule has 1 N–H and O–H groups in total. The third-order valence-corrected chi connectivity index (χ3v) is 2.71. The minimum Gasteiger partial charge on any atom is -0.313 e. The fraction of sp³-hybridized carbons (Fsp3) is 0.364. The van der Waals surface area contributed by atoms with E-state index in [9.17, 15) is 0 Å². The van der Waals surface area contributed by atoms with E-state index in [0.717, 1.165) is 24.3 Å². The van der Waals surface area contributed by atoms with Crippen molar-refractivity contribution in [3.8, 4) is 5.82 Å². The number of rotatable bonds is 4. The molecule has 0 aliphatic heterocycles. The molecule has 0 bridgehead atoms. The molecule has 0 spiro atoms. The predicted molar refractivity (Wildman–Crippen MR) is 66.3 cm³/mol. The number of hydrogen-bond donors (Lipinski definition) is 1. The predicted octanol–water partition coefficient (Wildman–Crippen LogP) is 1.73. The highest BCUT2D eigenvalue weighted by Crippen LogP contribution is 2.12. The van der Waals surface area contributed by atoms with E-state index < -0.39 is 0 Å². The fourth-order valence-electron chi connectivity index (χ4n) is 1.53. The summed E-state index contributed by atoms with van der Waals surface area (Å²) in [6.07, 6.45) is 1.84. The lowest BCUT2D eigenvalue weighted by atomic mass is 10.2. The van der Waals surface area contributed by atoms with Crippen LogP contribution in [-0.2, 0) is 6.54 Å². The van der Waals surface area contributed by atoms with Gasteiger partial charge in [-0.2, -0.15) is 5.10 Å². The van der Waals surface area contributed by atoms with Gasteiger partial charge in [0.05, 0.1) is 6.20 Å². The van der Waals surface area contributed by atoms with Crippen LogP contribution in [0.25, 0.3) is 5.82 Å². The minimum absolute atomic E-state index is 0.381. The molecule has 0 amide bonds. The van der Waals surface area contributed by atoms with Crippen molar-refractivity contribution in [2.24, 2.45) is 0 Å². The molecule has 0 fully saturated rings. The van der Waals surface area contributed by atoms with Crippen molar-refractivity contribution in [1.29, 1.82) is 0 Å². The quantitative estimate of drug-likeness (QED) is 0.899. The van der Waals surface area contributed by atoms with Gasteiger partial charge in [0.15, 0.2) is 11.0 Å². The molecule has 5 nitrogen and oxygen atoms in total. The Hall–Kier alpha value is -1.46. The van der Waals surface area contributed by atoms with E-state index >= 15 is 0 Å². The van der Waals surface area contributed by atoms with Crippen LogP contribution in [0.3, 0.4) is 0 Å². The van der Waals surface area contributed by atoms with Gasteiger partial charge in [-0.25, -0.2) is 4.68 Å². The first-order valence-electron chi connectivity index (χ1n) is 5.46. The summed E-state index contributed by atoms with van der Waals surface area (Å²) in [6.45, 7) is 5.83. The number of aromatic nitrogens is 4. The molecule has 6 heteroatoms. The van der Waals surface area contributed by atoms with E-state index in [1.54, 1.807) is 16.8 Å². The van der Waals surface area contributed by atoms with Crippen LogP contribution in [0.5, 0.6) is 0 Å². The molecular weight excluding hydrogens is 238 g/mol. The van der Waals surface area contributed by atoms with Crippen LogP contribution in [-0.4, -0.2) is 26.5 Å². The Labute approximate surface area is 105 Å². The fourth-order valence-corrected chi connectivity index (χ4v) is 1.63. The zero-order valence-corrected chi connectivity index (χ0v) is 10.6. The molecule has 0 aliphatic carbocycles. The zero-order valence-electron chi connectivity index (χ0n) is 9.81. The van der Waals surface area contributed by atoms with E-state index in [1.807, 2.05) is 13.1 Å². The molecule has 2 aromatic heterocycles. The topological polar surface area (TPSA) is 55.6 Å². The largest absolute Gasteiger partial charge is 0.313 e. The van der Waals surface area contributed by atoms with Gasteiger partial charge in [-0.05, 0) is 25.6 Å². The molecule has 17 heavy (non-hydrogen) atoms. The molecule has 2 heterocycles. The van der Waals surface area contributed by atoms with E-state index in [0.29, 0.717) is 11.0 Å². The van der Waals surface area contributed by atoms with Crippen molar-refractivity contribution in [1.82, 2.24) is 25.3 Å². The van der Waals surface area contributed by atoms with E-state index in [1.165, 1.54) is 0 Å². The number of nitrogens with zero attached hydrogens (tertiary/aromatic N) is 4. The Kier molecular flexibility index (Phi) is 3.71. The van der Waals surface area contributed by atoms with Crippen molar-refractivity contribution in [3.05, 3.63) is 34.7 Å². The van der Waals surface area contributed by atoms with Gasteiger partial charge < -0.3 is 5.32 Å². The maximum atomic E-state index is 5.70. The maximum Gasteiger partial charge on any atom is 0.176 e. The van der Waals surface area contributed by atoms with Crippen molar-refractivity contribution >= 4 is 11.6 Å². The van der Waals surface area contributed by atoms with E-state index in [4.69, 9.17) is 11.6 Å². The van der Waals surface area contributed by atoms with Gasteiger partial charge in [0.25, 0.3) is 0 Å². The Morgan fingerprint density at radius 3 is 2.82 bits per heavy atom. The normalized spacial score (nSPS) is 10.8. The summed E-state index contributed by atoms with van der Waals surface area (Å²) < 4.78 is 1.76. The number of halogens is 1. The highest BCUT2D eigenvalue weighted by molar-refractivity contribution is 6.29. The van der Waals surface area contributed by atoms with Crippen LogP contribution in [0, 0.1) is 6.92 Å². The van der Waals surface area contributed by atoms with Gasteiger partial charge in [-0.1, -0.05) is 18.5 Å². The molecule has 0 atom stereocenters. The lowest BCUT2D eigenvalue weighted by molar-refractivity contribution is 0.720. The Balaban J connectivity index is 2.27. The summed E-state index contributed by atoms with van der Waals surface area (Å²) in [4.78, 5) is 0. The standard InChI is InChI=1S/C11H14ClN5/c1-3-13-6-9-7-14-17(8(9)2)11-5-4-10(12)15-16-11/h4-5,7,13H,3,6H2,1-2H3. The van der Waals surface area contributed by atoms with Crippen molar-refractivity contribution in [2.75, 3.05) is 6.54 Å². The maximum absolute atomic E-state index is 5.70. The molecule has 0 aromatic carbocycles. The highest BCUT2D eigenvalue weighted by atomic mass is 35.5.